The first kappa shape index (κ1) is 15.8. The van der Waals surface area contributed by atoms with Gasteiger partial charge in [0, 0.05) is 23.5 Å². The van der Waals surface area contributed by atoms with E-state index in [1.165, 1.54) is 0 Å². The highest BCUT2D eigenvalue weighted by atomic mass is 14.6. The summed E-state index contributed by atoms with van der Waals surface area (Å²) in [5.41, 5.74) is 6.81. The maximum Gasteiger partial charge on any atom is 0.0998 e. The van der Waals surface area contributed by atoms with Crippen LogP contribution in [0.1, 0.15) is 5.56 Å². The number of benzene rings is 3. The first-order valence-corrected chi connectivity index (χ1v) is 8.46. The van der Waals surface area contributed by atoms with Gasteiger partial charge in [-0.25, -0.2) is 0 Å². The molecule has 4 rings (SSSR count). The van der Waals surface area contributed by atoms with Gasteiger partial charge < -0.3 is 0 Å². The molecule has 3 aromatic carbocycles. The zero-order valence-electron chi connectivity index (χ0n) is 14.1. The summed E-state index contributed by atoms with van der Waals surface area (Å²) in [5, 5.41) is 9.86. The van der Waals surface area contributed by atoms with E-state index in [0.29, 0.717) is 5.56 Å². The Kier molecular flexibility index (Phi) is 4.28. The van der Waals surface area contributed by atoms with Crippen molar-refractivity contribution in [2.45, 2.75) is 0 Å². The Balaban J connectivity index is 2.04. The minimum Gasteiger partial charge on any atom is -0.264 e. The predicted molar refractivity (Wildman–Crippen MR) is 105 cm³/mol. The van der Waals surface area contributed by atoms with Gasteiger partial charge in [-0.15, -0.1) is 0 Å². The van der Waals surface area contributed by atoms with Crippen LogP contribution >= 0.6 is 0 Å². The van der Waals surface area contributed by atoms with Gasteiger partial charge in [-0.3, -0.25) is 4.98 Å². The van der Waals surface area contributed by atoms with Gasteiger partial charge in [0.05, 0.1) is 11.6 Å². The highest BCUT2D eigenvalue weighted by molar-refractivity contribution is 5.90. The predicted octanol–water partition coefficient (Wildman–Crippen LogP) is 5.95. The standard InChI is InChI=1S/C24H16N2/c25-16-22-14-21(20-12-7-13-26-17-20)15-23(18-8-3-1-4-9-18)24(22)19-10-5-2-6-11-19/h1-15,17H. The van der Waals surface area contributed by atoms with Crippen LogP contribution in [-0.4, -0.2) is 4.98 Å². The van der Waals surface area contributed by atoms with Crippen molar-refractivity contribution in [3.8, 4) is 39.4 Å². The number of aromatic nitrogens is 1. The van der Waals surface area contributed by atoms with Gasteiger partial charge in [0.15, 0.2) is 0 Å². The molecular weight excluding hydrogens is 316 g/mol. The van der Waals surface area contributed by atoms with Crippen molar-refractivity contribution in [3.05, 3.63) is 103 Å². The molecule has 0 unspecified atom stereocenters. The lowest BCUT2D eigenvalue weighted by Crippen LogP contribution is -1.93. The molecule has 1 aromatic heterocycles. The van der Waals surface area contributed by atoms with E-state index < -0.39 is 0 Å². The third kappa shape index (κ3) is 2.99. The zero-order chi connectivity index (χ0) is 17.8. The van der Waals surface area contributed by atoms with Crippen LogP contribution in [0.4, 0.5) is 0 Å². The lowest BCUT2D eigenvalue weighted by atomic mass is 9.88. The van der Waals surface area contributed by atoms with Crippen molar-refractivity contribution in [3.63, 3.8) is 0 Å². The Bertz CT molecular complexity index is 1060. The molecule has 0 radical (unpaired) electrons. The van der Waals surface area contributed by atoms with Crippen molar-refractivity contribution in [2.24, 2.45) is 0 Å². The summed E-state index contributed by atoms with van der Waals surface area (Å²) < 4.78 is 0. The number of nitrogens with zero attached hydrogens (tertiary/aromatic N) is 2. The highest BCUT2D eigenvalue weighted by Gasteiger charge is 2.15. The Morgan fingerprint density at radius 2 is 1.31 bits per heavy atom. The fraction of sp³-hybridized carbons (Fsp3) is 0. The molecule has 2 nitrogen and oxygen atoms in total. The van der Waals surface area contributed by atoms with E-state index in [1.54, 1.807) is 6.20 Å². The van der Waals surface area contributed by atoms with Crippen molar-refractivity contribution in [2.75, 3.05) is 0 Å². The molecule has 0 N–H and O–H groups in total. The fourth-order valence-corrected chi connectivity index (χ4v) is 3.19. The fourth-order valence-electron chi connectivity index (χ4n) is 3.19. The first-order valence-electron chi connectivity index (χ1n) is 8.46. The van der Waals surface area contributed by atoms with Crippen molar-refractivity contribution >= 4 is 0 Å². The lowest BCUT2D eigenvalue weighted by molar-refractivity contribution is 1.33. The van der Waals surface area contributed by atoms with Crippen LogP contribution in [0.5, 0.6) is 0 Å². The van der Waals surface area contributed by atoms with Crippen LogP contribution in [0.3, 0.4) is 0 Å². The Labute approximate surface area is 153 Å². The summed E-state index contributed by atoms with van der Waals surface area (Å²) in [6, 6.07) is 30.7. The summed E-state index contributed by atoms with van der Waals surface area (Å²) in [6.07, 6.45) is 3.58. The Morgan fingerprint density at radius 3 is 1.92 bits per heavy atom. The largest absolute Gasteiger partial charge is 0.264 e. The molecule has 0 aliphatic heterocycles. The molecule has 0 aliphatic rings. The topological polar surface area (TPSA) is 36.7 Å². The molecule has 0 fully saturated rings. The summed E-state index contributed by atoms with van der Waals surface area (Å²) in [7, 11) is 0. The lowest BCUT2D eigenvalue weighted by Gasteiger charge is -2.15. The van der Waals surface area contributed by atoms with E-state index in [0.717, 1.165) is 33.4 Å². The van der Waals surface area contributed by atoms with Crippen molar-refractivity contribution < 1.29 is 0 Å². The summed E-state index contributed by atoms with van der Waals surface area (Å²) in [6.45, 7) is 0. The molecule has 0 aliphatic carbocycles. The van der Waals surface area contributed by atoms with Crippen LogP contribution in [0.15, 0.2) is 97.3 Å². The van der Waals surface area contributed by atoms with E-state index >= 15 is 0 Å². The Morgan fingerprint density at radius 1 is 0.654 bits per heavy atom. The molecule has 26 heavy (non-hydrogen) atoms. The molecule has 0 saturated heterocycles. The van der Waals surface area contributed by atoms with Gasteiger partial charge in [-0.05, 0) is 40.5 Å². The molecule has 0 spiro atoms. The first-order chi connectivity index (χ1) is 12.9. The number of hydrogen-bond donors (Lipinski definition) is 0. The van der Waals surface area contributed by atoms with Crippen LogP contribution in [0.25, 0.3) is 33.4 Å². The maximum absolute atomic E-state index is 9.86. The number of pyridine rings is 1. The summed E-state index contributed by atoms with van der Waals surface area (Å²) in [4.78, 5) is 4.22. The van der Waals surface area contributed by atoms with Crippen LogP contribution in [0.2, 0.25) is 0 Å². The summed E-state index contributed by atoms with van der Waals surface area (Å²) >= 11 is 0. The quantitative estimate of drug-likeness (QED) is 0.464. The summed E-state index contributed by atoms with van der Waals surface area (Å²) in [5.74, 6) is 0. The van der Waals surface area contributed by atoms with Gasteiger partial charge >= 0.3 is 0 Å². The number of rotatable bonds is 3. The normalized spacial score (nSPS) is 10.3. The second-order valence-corrected chi connectivity index (χ2v) is 6.03. The van der Waals surface area contributed by atoms with Crippen molar-refractivity contribution in [1.29, 1.82) is 5.26 Å². The van der Waals surface area contributed by atoms with Gasteiger partial charge in [-0.2, -0.15) is 5.26 Å². The van der Waals surface area contributed by atoms with Gasteiger partial charge in [-0.1, -0.05) is 66.7 Å². The smallest absolute Gasteiger partial charge is 0.0998 e. The third-order valence-electron chi connectivity index (χ3n) is 4.40. The average Bonchev–Trinajstić information content (AvgIpc) is 2.74. The van der Waals surface area contributed by atoms with Crippen LogP contribution in [0, 0.1) is 11.3 Å². The minimum atomic E-state index is 0.663. The molecule has 2 heteroatoms. The SMILES string of the molecule is N#Cc1cc(-c2cccnc2)cc(-c2ccccc2)c1-c1ccccc1. The molecule has 0 atom stereocenters. The second kappa shape index (κ2) is 7.04. The molecule has 0 amide bonds. The molecule has 4 aromatic rings. The highest BCUT2D eigenvalue weighted by Crippen LogP contribution is 2.38. The minimum absolute atomic E-state index is 0.663. The van der Waals surface area contributed by atoms with Gasteiger partial charge in [0.2, 0.25) is 0 Å². The Hall–Kier alpha value is -3.70. The molecule has 1 heterocycles. The van der Waals surface area contributed by atoms with Crippen LogP contribution < -0.4 is 0 Å². The average molecular weight is 332 g/mol. The number of nitriles is 1. The zero-order valence-corrected chi connectivity index (χ0v) is 14.1. The van der Waals surface area contributed by atoms with E-state index in [-0.39, 0.29) is 0 Å². The molecular formula is C24H16N2. The van der Waals surface area contributed by atoms with Crippen LogP contribution in [-0.2, 0) is 0 Å². The molecule has 0 saturated carbocycles. The van der Waals surface area contributed by atoms with E-state index in [9.17, 15) is 5.26 Å². The molecule has 122 valence electrons. The van der Waals surface area contributed by atoms with Crippen molar-refractivity contribution in [1.82, 2.24) is 4.98 Å². The monoisotopic (exact) mass is 332 g/mol. The number of hydrogen-bond acceptors (Lipinski definition) is 2. The molecule has 0 bridgehead atoms. The van der Waals surface area contributed by atoms with E-state index in [4.69, 9.17) is 0 Å². The van der Waals surface area contributed by atoms with Gasteiger partial charge in [0.1, 0.15) is 0 Å². The van der Waals surface area contributed by atoms with E-state index in [1.807, 2.05) is 72.9 Å². The second-order valence-electron chi connectivity index (χ2n) is 6.03. The van der Waals surface area contributed by atoms with E-state index in [2.05, 4.69) is 29.3 Å². The van der Waals surface area contributed by atoms with Gasteiger partial charge in [0.25, 0.3) is 0 Å². The third-order valence-corrected chi connectivity index (χ3v) is 4.40. The maximum atomic E-state index is 9.86.